The summed E-state index contributed by atoms with van der Waals surface area (Å²) in [5.74, 6) is 1.29. The van der Waals surface area contributed by atoms with Crippen LogP contribution in [-0.2, 0) is 0 Å². The first-order valence-electron chi connectivity index (χ1n) is 5.52. The van der Waals surface area contributed by atoms with Crippen LogP contribution in [0.1, 0.15) is 26.7 Å². The molecule has 0 aliphatic carbocycles. The molecule has 0 radical (unpaired) electrons. The third-order valence-electron chi connectivity index (χ3n) is 2.88. The van der Waals surface area contributed by atoms with E-state index in [1.165, 1.54) is 6.33 Å². The summed E-state index contributed by atoms with van der Waals surface area (Å²) in [5, 5.41) is 3.21. The molecular weight excluding hydrogens is 204 g/mol. The molecule has 0 unspecified atom stereocenters. The summed E-state index contributed by atoms with van der Waals surface area (Å²) in [7, 11) is 1.58. The normalized spacial score (nSPS) is 11.2. The van der Waals surface area contributed by atoms with Crippen LogP contribution in [0.2, 0.25) is 0 Å². The number of methoxy groups -OCH3 is 1. The summed E-state index contributed by atoms with van der Waals surface area (Å²) in [5.41, 5.74) is 6.00. The molecule has 0 spiro atoms. The van der Waals surface area contributed by atoms with Crippen LogP contribution in [0.5, 0.6) is 5.88 Å². The van der Waals surface area contributed by atoms with Crippen LogP contribution in [-0.4, -0.2) is 29.2 Å². The molecule has 0 saturated heterocycles. The molecule has 5 heteroatoms. The molecule has 16 heavy (non-hydrogen) atoms. The smallest absolute Gasteiger partial charge is 0.218 e. The lowest BCUT2D eigenvalue weighted by Gasteiger charge is -2.27. The van der Waals surface area contributed by atoms with Gasteiger partial charge < -0.3 is 15.8 Å². The summed E-state index contributed by atoms with van der Waals surface area (Å²) in [6.45, 7) is 4.87. The number of hydrogen-bond acceptors (Lipinski definition) is 5. The molecule has 0 fully saturated rings. The van der Waals surface area contributed by atoms with E-state index in [0.29, 0.717) is 12.4 Å². The van der Waals surface area contributed by atoms with Crippen molar-refractivity contribution in [2.75, 3.05) is 19.0 Å². The van der Waals surface area contributed by atoms with E-state index in [1.54, 1.807) is 13.2 Å². The predicted octanol–water partition coefficient (Wildman–Crippen LogP) is 1.41. The highest BCUT2D eigenvalue weighted by Crippen LogP contribution is 2.14. The highest BCUT2D eigenvalue weighted by molar-refractivity contribution is 5.37. The highest BCUT2D eigenvalue weighted by atomic mass is 16.5. The Labute approximate surface area is 96.4 Å². The number of hydrogen-bond donors (Lipinski definition) is 2. The molecule has 0 bridgehead atoms. The summed E-state index contributed by atoms with van der Waals surface area (Å²) in [6, 6.07) is 1.76. The van der Waals surface area contributed by atoms with Crippen molar-refractivity contribution >= 4 is 5.82 Å². The maximum atomic E-state index is 6.18. The minimum absolute atomic E-state index is 0.182. The Balaban J connectivity index is 2.60. The highest BCUT2D eigenvalue weighted by Gasteiger charge is 2.19. The molecule has 1 aromatic rings. The van der Waals surface area contributed by atoms with Gasteiger partial charge >= 0.3 is 0 Å². The second-order valence-corrected chi connectivity index (χ2v) is 3.87. The first kappa shape index (κ1) is 12.7. The molecule has 90 valence electrons. The predicted molar refractivity (Wildman–Crippen MR) is 64.6 cm³/mol. The first-order chi connectivity index (χ1) is 7.63. The molecule has 0 aliphatic rings. The van der Waals surface area contributed by atoms with Gasteiger partial charge in [-0.2, -0.15) is 0 Å². The largest absolute Gasteiger partial charge is 0.481 e. The fraction of sp³-hybridized carbons (Fsp3) is 0.636. The van der Waals surface area contributed by atoms with Crippen LogP contribution in [0.15, 0.2) is 12.4 Å². The molecule has 0 aromatic carbocycles. The molecule has 1 aromatic heterocycles. The van der Waals surface area contributed by atoms with Crippen molar-refractivity contribution in [3.05, 3.63) is 12.4 Å². The van der Waals surface area contributed by atoms with Crippen LogP contribution >= 0.6 is 0 Å². The number of aromatic nitrogens is 2. The topological polar surface area (TPSA) is 73.1 Å². The van der Waals surface area contributed by atoms with Crippen LogP contribution in [0.25, 0.3) is 0 Å². The SMILES string of the molecule is CCC(N)(CC)CNc1cc(OC)ncn1. The summed E-state index contributed by atoms with van der Waals surface area (Å²) in [6.07, 6.45) is 3.33. The average Bonchev–Trinajstić information content (AvgIpc) is 2.36. The minimum atomic E-state index is -0.182. The van der Waals surface area contributed by atoms with Crippen molar-refractivity contribution in [1.29, 1.82) is 0 Å². The monoisotopic (exact) mass is 224 g/mol. The van der Waals surface area contributed by atoms with Crippen molar-refractivity contribution in [3.8, 4) is 5.88 Å². The van der Waals surface area contributed by atoms with Crippen molar-refractivity contribution in [2.24, 2.45) is 5.73 Å². The molecule has 0 saturated carbocycles. The Morgan fingerprint density at radius 2 is 2.06 bits per heavy atom. The van der Waals surface area contributed by atoms with Crippen molar-refractivity contribution in [2.45, 2.75) is 32.2 Å². The minimum Gasteiger partial charge on any atom is -0.481 e. The standard InChI is InChI=1S/C11H20N4O/c1-4-11(12,5-2)7-13-9-6-10(16-3)15-8-14-9/h6,8H,4-5,7,12H2,1-3H3,(H,13,14,15). The van der Waals surface area contributed by atoms with E-state index in [9.17, 15) is 0 Å². The third-order valence-corrected chi connectivity index (χ3v) is 2.88. The van der Waals surface area contributed by atoms with E-state index in [0.717, 1.165) is 18.7 Å². The number of nitrogens with zero attached hydrogens (tertiary/aromatic N) is 2. The zero-order valence-corrected chi connectivity index (χ0v) is 10.2. The summed E-state index contributed by atoms with van der Waals surface area (Å²) in [4.78, 5) is 8.04. The van der Waals surface area contributed by atoms with Gasteiger partial charge in [0.25, 0.3) is 0 Å². The van der Waals surface area contributed by atoms with Gasteiger partial charge in [-0.15, -0.1) is 0 Å². The van der Waals surface area contributed by atoms with Gasteiger partial charge in [0.2, 0.25) is 5.88 Å². The molecule has 3 N–H and O–H groups in total. The molecule has 0 amide bonds. The number of nitrogens with one attached hydrogen (secondary N) is 1. The van der Waals surface area contributed by atoms with Crippen molar-refractivity contribution in [3.63, 3.8) is 0 Å². The van der Waals surface area contributed by atoms with Crippen molar-refractivity contribution in [1.82, 2.24) is 9.97 Å². The average molecular weight is 224 g/mol. The number of ether oxygens (including phenoxy) is 1. The van der Waals surface area contributed by atoms with E-state index >= 15 is 0 Å². The van der Waals surface area contributed by atoms with Gasteiger partial charge in [0.15, 0.2) is 0 Å². The number of rotatable bonds is 6. The van der Waals surface area contributed by atoms with Gasteiger partial charge in [0.1, 0.15) is 12.1 Å². The van der Waals surface area contributed by atoms with E-state index in [4.69, 9.17) is 10.5 Å². The Morgan fingerprint density at radius 3 is 2.62 bits per heavy atom. The summed E-state index contributed by atoms with van der Waals surface area (Å²) >= 11 is 0. The third kappa shape index (κ3) is 3.34. The molecular formula is C11H20N4O. The molecule has 5 nitrogen and oxygen atoms in total. The Bertz CT molecular complexity index is 326. The lowest BCUT2D eigenvalue weighted by molar-refractivity contribution is 0.396. The Kier molecular flexibility index (Phi) is 4.49. The van der Waals surface area contributed by atoms with E-state index < -0.39 is 0 Å². The van der Waals surface area contributed by atoms with Gasteiger partial charge in [-0.3, -0.25) is 0 Å². The van der Waals surface area contributed by atoms with Crippen LogP contribution in [0.3, 0.4) is 0 Å². The van der Waals surface area contributed by atoms with Gasteiger partial charge in [-0.05, 0) is 12.8 Å². The fourth-order valence-electron chi connectivity index (χ4n) is 1.31. The second kappa shape index (κ2) is 5.65. The zero-order chi connectivity index (χ0) is 12.0. The van der Waals surface area contributed by atoms with E-state index in [-0.39, 0.29) is 5.54 Å². The van der Waals surface area contributed by atoms with Gasteiger partial charge in [0, 0.05) is 18.2 Å². The summed E-state index contributed by atoms with van der Waals surface area (Å²) < 4.78 is 5.02. The first-order valence-corrected chi connectivity index (χ1v) is 5.52. The second-order valence-electron chi connectivity index (χ2n) is 3.87. The lowest BCUT2D eigenvalue weighted by Crippen LogP contribution is -2.45. The van der Waals surface area contributed by atoms with E-state index in [2.05, 4.69) is 29.1 Å². The number of nitrogens with two attached hydrogens (primary N) is 1. The fourth-order valence-corrected chi connectivity index (χ4v) is 1.31. The Morgan fingerprint density at radius 1 is 1.38 bits per heavy atom. The molecule has 0 atom stereocenters. The van der Waals surface area contributed by atoms with Gasteiger partial charge in [0.05, 0.1) is 7.11 Å². The van der Waals surface area contributed by atoms with Crippen LogP contribution < -0.4 is 15.8 Å². The maximum absolute atomic E-state index is 6.18. The van der Waals surface area contributed by atoms with E-state index in [1.807, 2.05) is 0 Å². The quantitative estimate of drug-likeness (QED) is 0.764. The molecule has 0 aliphatic heterocycles. The van der Waals surface area contributed by atoms with Gasteiger partial charge in [-0.25, -0.2) is 9.97 Å². The van der Waals surface area contributed by atoms with Crippen LogP contribution in [0, 0.1) is 0 Å². The van der Waals surface area contributed by atoms with Gasteiger partial charge in [-0.1, -0.05) is 13.8 Å². The molecule has 1 rings (SSSR count). The van der Waals surface area contributed by atoms with Crippen LogP contribution in [0.4, 0.5) is 5.82 Å². The maximum Gasteiger partial charge on any atom is 0.218 e. The van der Waals surface area contributed by atoms with Crippen molar-refractivity contribution < 1.29 is 4.74 Å². The molecule has 1 heterocycles. The zero-order valence-electron chi connectivity index (χ0n) is 10.2. The number of anilines is 1. The Hall–Kier alpha value is -1.36. The lowest BCUT2D eigenvalue weighted by atomic mass is 9.94.